The minimum absolute atomic E-state index is 0.577. The molecule has 0 saturated carbocycles. The first-order valence-electron chi connectivity index (χ1n) is 5.14. The normalized spacial score (nSPS) is 10.7. The molecule has 1 aromatic carbocycles. The van der Waals surface area contributed by atoms with Crippen molar-refractivity contribution in [2.45, 2.75) is 0 Å². The van der Waals surface area contributed by atoms with E-state index in [0.29, 0.717) is 6.07 Å². The van der Waals surface area contributed by atoms with Crippen molar-refractivity contribution in [3.8, 4) is 11.3 Å². The largest absolute Gasteiger partial charge is 0.477 e. The lowest BCUT2D eigenvalue weighted by atomic mass is 10.0. The SMILES string of the molecule is O=C(O)c1cc(-c2c(F)c(F)c(C(=O)O)c(F)c2F)n[nH]1. The molecule has 110 valence electrons. The van der Waals surface area contributed by atoms with Gasteiger partial charge in [-0.3, -0.25) is 5.10 Å². The monoisotopic (exact) mass is 304 g/mol. The Labute approximate surface area is 112 Å². The average Bonchev–Trinajstić information content (AvgIpc) is 2.86. The molecule has 0 aliphatic rings. The van der Waals surface area contributed by atoms with E-state index in [1.807, 2.05) is 5.10 Å². The molecular weight excluding hydrogens is 300 g/mol. The molecule has 0 unspecified atom stereocenters. The summed E-state index contributed by atoms with van der Waals surface area (Å²) in [4.78, 5) is 21.2. The molecule has 0 radical (unpaired) electrons. The average molecular weight is 304 g/mol. The molecule has 0 atom stereocenters. The Morgan fingerprint density at radius 1 is 0.952 bits per heavy atom. The molecule has 0 bridgehead atoms. The number of benzene rings is 1. The van der Waals surface area contributed by atoms with Gasteiger partial charge in [-0.15, -0.1) is 0 Å². The first kappa shape index (κ1) is 14.5. The Morgan fingerprint density at radius 2 is 1.48 bits per heavy atom. The second-order valence-electron chi connectivity index (χ2n) is 3.78. The molecule has 1 aromatic heterocycles. The Morgan fingerprint density at radius 3 is 1.86 bits per heavy atom. The van der Waals surface area contributed by atoms with Crippen molar-refractivity contribution in [2.24, 2.45) is 0 Å². The standard InChI is InChI=1S/C11H4F4N2O4/c12-6-4(2-1-3(10(18)19)17-16-2)7(13)9(15)5(8(6)14)11(20)21/h1H,(H,16,17)(H,18,19)(H,20,21). The van der Waals surface area contributed by atoms with Gasteiger partial charge in [0.05, 0.1) is 11.3 Å². The summed E-state index contributed by atoms with van der Waals surface area (Å²) in [5.41, 5.74) is -4.40. The number of hydrogen-bond donors (Lipinski definition) is 3. The summed E-state index contributed by atoms with van der Waals surface area (Å²) in [5, 5.41) is 22.3. The predicted molar refractivity (Wildman–Crippen MR) is 57.8 cm³/mol. The number of carbonyl (C=O) groups is 2. The highest BCUT2D eigenvalue weighted by Crippen LogP contribution is 2.31. The molecule has 0 aliphatic heterocycles. The van der Waals surface area contributed by atoms with E-state index >= 15 is 0 Å². The number of nitrogens with zero attached hydrogens (tertiary/aromatic N) is 1. The number of aromatic carboxylic acids is 2. The Kier molecular flexibility index (Phi) is 3.37. The molecule has 10 heteroatoms. The predicted octanol–water partition coefficient (Wildman–Crippen LogP) is 2.03. The van der Waals surface area contributed by atoms with Crippen LogP contribution in [-0.2, 0) is 0 Å². The maximum atomic E-state index is 13.7. The third kappa shape index (κ3) is 2.20. The summed E-state index contributed by atoms with van der Waals surface area (Å²) >= 11 is 0. The molecule has 21 heavy (non-hydrogen) atoms. The van der Waals surface area contributed by atoms with Gasteiger partial charge in [0.15, 0.2) is 23.3 Å². The number of aromatic nitrogens is 2. The van der Waals surface area contributed by atoms with Crippen LogP contribution in [0.1, 0.15) is 20.8 Å². The van der Waals surface area contributed by atoms with E-state index in [4.69, 9.17) is 10.2 Å². The summed E-state index contributed by atoms with van der Waals surface area (Å²) in [6.07, 6.45) is 0. The third-order valence-corrected chi connectivity index (χ3v) is 2.54. The van der Waals surface area contributed by atoms with E-state index in [1.165, 1.54) is 0 Å². The van der Waals surface area contributed by atoms with Gasteiger partial charge in [0.25, 0.3) is 0 Å². The van der Waals surface area contributed by atoms with Gasteiger partial charge in [-0.2, -0.15) is 5.10 Å². The van der Waals surface area contributed by atoms with Crippen molar-refractivity contribution in [1.82, 2.24) is 10.2 Å². The maximum absolute atomic E-state index is 13.7. The maximum Gasteiger partial charge on any atom is 0.353 e. The number of nitrogens with one attached hydrogen (secondary N) is 1. The third-order valence-electron chi connectivity index (χ3n) is 2.54. The first-order valence-corrected chi connectivity index (χ1v) is 5.14. The zero-order valence-corrected chi connectivity index (χ0v) is 9.75. The molecule has 0 amide bonds. The van der Waals surface area contributed by atoms with Crippen molar-refractivity contribution in [3.63, 3.8) is 0 Å². The van der Waals surface area contributed by atoms with E-state index in [2.05, 4.69) is 5.10 Å². The molecule has 0 fully saturated rings. The molecule has 0 saturated heterocycles. The number of hydrogen-bond acceptors (Lipinski definition) is 3. The lowest BCUT2D eigenvalue weighted by molar-refractivity contribution is 0.0675. The fourth-order valence-corrected chi connectivity index (χ4v) is 1.60. The quantitative estimate of drug-likeness (QED) is 0.594. The van der Waals surface area contributed by atoms with Gasteiger partial charge in [-0.1, -0.05) is 0 Å². The molecule has 0 aliphatic carbocycles. The number of carboxylic acids is 2. The van der Waals surface area contributed by atoms with Crippen LogP contribution in [0.5, 0.6) is 0 Å². The molecule has 3 N–H and O–H groups in total. The van der Waals surface area contributed by atoms with Gasteiger partial charge < -0.3 is 10.2 Å². The van der Waals surface area contributed by atoms with Crippen LogP contribution in [0.4, 0.5) is 17.6 Å². The van der Waals surface area contributed by atoms with E-state index in [-0.39, 0.29) is 0 Å². The Bertz CT molecular complexity index is 743. The molecule has 0 spiro atoms. The molecule has 1 heterocycles. The van der Waals surface area contributed by atoms with E-state index in [1.54, 1.807) is 0 Å². The summed E-state index contributed by atoms with van der Waals surface area (Å²) in [6, 6.07) is 0.642. The van der Waals surface area contributed by atoms with Crippen molar-refractivity contribution < 1.29 is 37.4 Å². The van der Waals surface area contributed by atoms with Crippen molar-refractivity contribution in [1.29, 1.82) is 0 Å². The fourth-order valence-electron chi connectivity index (χ4n) is 1.60. The van der Waals surface area contributed by atoms with Crippen molar-refractivity contribution in [2.75, 3.05) is 0 Å². The summed E-state index contributed by atoms with van der Waals surface area (Å²) < 4.78 is 54.4. The number of rotatable bonds is 3. The minimum Gasteiger partial charge on any atom is -0.477 e. The van der Waals surface area contributed by atoms with Gasteiger partial charge in [0.1, 0.15) is 11.3 Å². The van der Waals surface area contributed by atoms with Gasteiger partial charge >= 0.3 is 11.9 Å². The summed E-state index contributed by atoms with van der Waals surface area (Å²) in [5.74, 6) is -11.9. The van der Waals surface area contributed by atoms with Crippen LogP contribution in [0.2, 0.25) is 0 Å². The highest BCUT2D eigenvalue weighted by atomic mass is 19.2. The van der Waals surface area contributed by atoms with E-state index in [9.17, 15) is 27.2 Å². The van der Waals surface area contributed by atoms with Crippen LogP contribution in [0, 0.1) is 23.3 Å². The highest BCUT2D eigenvalue weighted by molar-refractivity contribution is 5.90. The van der Waals surface area contributed by atoms with Gasteiger partial charge in [0, 0.05) is 0 Å². The molecule has 6 nitrogen and oxygen atoms in total. The van der Waals surface area contributed by atoms with Crippen LogP contribution in [0.25, 0.3) is 11.3 Å². The molecular formula is C11H4F4N2O4. The molecule has 2 rings (SSSR count). The van der Waals surface area contributed by atoms with Crippen molar-refractivity contribution >= 4 is 11.9 Å². The number of H-pyrrole nitrogens is 1. The summed E-state index contributed by atoms with van der Waals surface area (Å²) in [6.45, 7) is 0. The zero-order valence-electron chi connectivity index (χ0n) is 9.75. The molecule has 2 aromatic rings. The lowest BCUT2D eigenvalue weighted by Gasteiger charge is -2.07. The van der Waals surface area contributed by atoms with Crippen LogP contribution < -0.4 is 0 Å². The van der Waals surface area contributed by atoms with Crippen molar-refractivity contribution in [3.05, 3.63) is 40.6 Å². The first-order chi connectivity index (χ1) is 9.75. The van der Waals surface area contributed by atoms with Gasteiger partial charge in [-0.05, 0) is 6.07 Å². The van der Waals surface area contributed by atoms with E-state index in [0.717, 1.165) is 0 Å². The number of aromatic amines is 1. The second-order valence-corrected chi connectivity index (χ2v) is 3.78. The number of carboxylic acid groups (broad SMARTS) is 2. The smallest absolute Gasteiger partial charge is 0.353 e. The topological polar surface area (TPSA) is 103 Å². The second kappa shape index (κ2) is 4.89. The van der Waals surface area contributed by atoms with Gasteiger partial charge in [0.2, 0.25) is 0 Å². The highest BCUT2D eigenvalue weighted by Gasteiger charge is 2.31. The Balaban J connectivity index is 2.75. The van der Waals surface area contributed by atoms with Crippen LogP contribution in [0.15, 0.2) is 6.07 Å². The van der Waals surface area contributed by atoms with Crippen LogP contribution in [-0.4, -0.2) is 32.3 Å². The summed E-state index contributed by atoms with van der Waals surface area (Å²) in [7, 11) is 0. The van der Waals surface area contributed by atoms with Gasteiger partial charge in [-0.25, -0.2) is 27.2 Å². The van der Waals surface area contributed by atoms with Crippen LogP contribution >= 0.6 is 0 Å². The number of halogens is 4. The zero-order chi connectivity index (χ0) is 15.9. The fraction of sp³-hybridized carbons (Fsp3) is 0. The Hall–Kier alpha value is -2.91. The van der Waals surface area contributed by atoms with Crippen LogP contribution in [0.3, 0.4) is 0 Å². The lowest BCUT2D eigenvalue weighted by Crippen LogP contribution is -2.11. The van der Waals surface area contributed by atoms with E-state index < -0.39 is 57.7 Å². The minimum atomic E-state index is -2.19.